The summed E-state index contributed by atoms with van der Waals surface area (Å²) in [5.74, 6) is 0.245. The first-order valence-corrected chi connectivity index (χ1v) is 7.51. The number of carbonyl (C=O) groups is 1. The Kier molecular flexibility index (Phi) is 3.18. The Bertz CT molecular complexity index is 939. The minimum Gasteiger partial charge on any atom is -0.345 e. The minimum atomic E-state index is -0.275. The second-order valence-corrected chi connectivity index (χ2v) is 5.68. The van der Waals surface area contributed by atoms with E-state index in [1.807, 2.05) is 6.07 Å². The average Bonchev–Trinajstić information content (AvgIpc) is 3.30. The fourth-order valence-electron chi connectivity index (χ4n) is 2.51. The zero-order valence-corrected chi connectivity index (χ0v) is 12.3. The molecule has 2 N–H and O–H groups in total. The molecule has 23 heavy (non-hydrogen) atoms. The fourth-order valence-corrected chi connectivity index (χ4v) is 2.51. The van der Waals surface area contributed by atoms with Crippen LogP contribution in [0.15, 0.2) is 41.3 Å². The molecule has 0 aliphatic heterocycles. The number of amides is 1. The SMILES string of the molecule is O=C(NCc1cc(=O)n2ccccc2n1)c1cc(C2CC2)[nH]n1. The van der Waals surface area contributed by atoms with Gasteiger partial charge in [0, 0.05) is 23.9 Å². The van der Waals surface area contributed by atoms with E-state index < -0.39 is 0 Å². The van der Waals surface area contributed by atoms with Gasteiger partial charge < -0.3 is 5.32 Å². The van der Waals surface area contributed by atoms with E-state index in [1.165, 1.54) is 10.5 Å². The number of hydrogen-bond donors (Lipinski definition) is 2. The number of fused-ring (bicyclic) bond motifs is 1. The van der Waals surface area contributed by atoms with Crippen molar-refractivity contribution in [3.8, 4) is 0 Å². The van der Waals surface area contributed by atoms with E-state index in [1.54, 1.807) is 24.4 Å². The van der Waals surface area contributed by atoms with Crippen LogP contribution in [0, 0.1) is 0 Å². The molecule has 0 bridgehead atoms. The summed E-state index contributed by atoms with van der Waals surface area (Å²) >= 11 is 0. The lowest BCUT2D eigenvalue weighted by Gasteiger charge is -2.05. The Morgan fingerprint density at radius 3 is 3.04 bits per heavy atom. The third kappa shape index (κ3) is 2.73. The van der Waals surface area contributed by atoms with Crippen molar-refractivity contribution in [3.63, 3.8) is 0 Å². The Balaban J connectivity index is 1.49. The van der Waals surface area contributed by atoms with Crippen molar-refractivity contribution in [3.05, 3.63) is 64.0 Å². The van der Waals surface area contributed by atoms with Crippen molar-refractivity contribution in [2.24, 2.45) is 0 Å². The fraction of sp³-hybridized carbons (Fsp3) is 0.250. The summed E-state index contributed by atoms with van der Waals surface area (Å²) in [4.78, 5) is 28.5. The van der Waals surface area contributed by atoms with Crippen molar-refractivity contribution < 1.29 is 4.79 Å². The van der Waals surface area contributed by atoms with Gasteiger partial charge in [0.15, 0.2) is 0 Å². The van der Waals surface area contributed by atoms with E-state index in [0.29, 0.717) is 23.0 Å². The molecule has 0 aromatic carbocycles. The number of pyridine rings is 1. The zero-order valence-electron chi connectivity index (χ0n) is 12.3. The number of nitrogens with zero attached hydrogens (tertiary/aromatic N) is 3. The first-order valence-electron chi connectivity index (χ1n) is 7.51. The highest BCUT2D eigenvalue weighted by Crippen LogP contribution is 2.38. The quantitative estimate of drug-likeness (QED) is 0.758. The number of nitrogens with one attached hydrogen (secondary N) is 2. The highest BCUT2D eigenvalue weighted by Gasteiger charge is 2.26. The molecule has 1 saturated carbocycles. The van der Waals surface area contributed by atoms with Crippen LogP contribution in [0.2, 0.25) is 0 Å². The molecular formula is C16H15N5O2. The maximum Gasteiger partial charge on any atom is 0.272 e. The molecule has 0 radical (unpaired) electrons. The van der Waals surface area contributed by atoms with Crippen molar-refractivity contribution in [1.29, 1.82) is 0 Å². The molecule has 0 saturated heterocycles. The molecule has 7 heteroatoms. The van der Waals surface area contributed by atoms with Crippen molar-refractivity contribution in [1.82, 2.24) is 24.9 Å². The van der Waals surface area contributed by atoms with Gasteiger partial charge >= 0.3 is 0 Å². The lowest BCUT2D eigenvalue weighted by molar-refractivity contribution is 0.0945. The maximum atomic E-state index is 12.1. The summed E-state index contributed by atoms with van der Waals surface area (Å²) in [6, 6.07) is 8.55. The summed E-state index contributed by atoms with van der Waals surface area (Å²) in [6.45, 7) is 0.186. The van der Waals surface area contributed by atoms with Crippen LogP contribution in [0.3, 0.4) is 0 Å². The third-order valence-corrected chi connectivity index (χ3v) is 3.90. The number of aromatic nitrogens is 4. The number of carbonyl (C=O) groups excluding carboxylic acids is 1. The average molecular weight is 309 g/mol. The number of rotatable bonds is 4. The highest BCUT2D eigenvalue weighted by molar-refractivity contribution is 5.92. The zero-order chi connectivity index (χ0) is 15.8. The van der Waals surface area contributed by atoms with Crippen molar-refractivity contribution in [2.45, 2.75) is 25.3 Å². The van der Waals surface area contributed by atoms with Crippen molar-refractivity contribution >= 4 is 11.6 Å². The summed E-state index contributed by atoms with van der Waals surface area (Å²) in [6.07, 6.45) is 3.96. The van der Waals surface area contributed by atoms with Gasteiger partial charge in [0.2, 0.25) is 0 Å². The molecule has 3 aromatic heterocycles. The molecule has 0 atom stereocenters. The molecule has 1 aliphatic carbocycles. The van der Waals surface area contributed by atoms with Crippen LogP contribution in [-0.4, -0.2) is 25.5 Å². The van der Waals surface area contributed by atoms with Gasteiger partial charge in [-0.25, -0.2) is 4.98 Å². The predicted molar refractivity (Wildman–Crippen MR) is 83.2 cm³/mol. The van der Waals surface area contributed by atoms with E-state index in [9.17, 15) is 9.59 Å². The number of H-pyrrole nitrogens is 1. The molecular weight excluding hydrogens is 294 g/mol. The smallest absolute Gasteiger partial charge is 0.272 e. The first kappa shape index (κ1) is 13.7. The van der Waals surface area contributed by atoms with Gasteiger partial charge in [0.05, 0.1) is 12.2 Å². The third-order valence-electron chi connectivity index (χ3n) is 3.90. The second-order valence-electron chi connectivity index (χ2n) is 5.68. The Morgan fingerprint density at radius 2 is 2.22 bits per heavy atom. The monoisotopic (exact) mass is 309 g/mol. The van der Waals surface area contributed by atoms with Crippen LogP contribution < -0.4 is 10.9 Å². The molecule has 4 rings (SSSR count). The molecule has 116 valence electrons. The predicted octanol–water partition coefficient (Wildman–Crippen LogP) is 1.22. The summed E-state index contributed by atoms with van der Waals surface area (Å²) in [7, 11) is 0. The second kappa shape index (κ2) is 5.35. The lowest BCUT2D eigenvalue weighted by Crippen LogP contribution is -2.25. The van der Waals surface area contributed by atoms with Gasteiger partial charge in [-0.05, 0) is 31.0 Å². The van der Waals surface area contributed by atoms with E-state index in [2.05, 4.69) is 20.5 Å². The van der Waals surface area contributed by atoms with Gasteiger partial charge in [-0.2, -0.15) is 5.10 Å². The van der Waals surface area contributed by atoms with Crippen LogP contribution in [0.25, 0.3) is 5.65 Å². The molecule has 0 unspecified atom stereocenters. The maximum absolute atomic E-state index is 12.1. The molecule has 3 aromatic rings. The van der Waals surface area contributed by atoms with Crippen LogP contribution in [-0.2, 0) is 6.54 Å². The first-order chi connectivity index (χ1) is 11.2. The summed E-state index contributed by atoms with van der Waals surface area (Å²) in [5, 5.41) is 9.68. The van der Waals surface area contributed by atoms with Gasteiger partial charge in [0.25, 0.3) is 11.5 Å². The van der Waals surface area contributed by atoms with Crippen LogP contribution in [0.1, 0.15) is 40.6 Å². The molecule has 1 fully saturated rings. The molecule has 1 aliphatic rings. The van der Waals surface area contributed by atoms with Gasteiger partial charge in [-0.3, -0.25) is 19.1 Å². The van der Waals surface area contributed by atoms with E-state index >= 15 is 0 Å². The van der Waals surface area contributed by atoms with Gasteiger partial charge in [-0.1, -0.05) is 6.07 Å². The van der Waals surface area contributed by atoms with E-state index in [4.69, 9.17) is 0 Å². The lowest BCUT2D eigenvalue weighted by atomic mass is 10.2. The molecule has 1 amide bonds. The molecule has 7 nitrogen and oxygen atoms in total. The Morgan fingerprint density at radius 1 is 1.35 bits per heavy atom. The highest BCUT2D eigenvalue weighted by atomic mass is 16.2. The molecule has 3 heterocycles. The minimum absolute atomic E-state index is 0.171. The molecule has 0 spiro atoms. The normalized spacial score (nSPS) is 14.1. The van der Waals surface area contributed by atoms with E-state index in [-0.39, 0.29) is 18.0 Å². The van der Waals surface area contributed by atoms with Crippen LogP contribution in [0.4, 0.5) is 0 Å². The summed E-state index contributed by atoms with van der Waals surface area (Å²) in [5.41, 5.74) is 2.28. The largest absolute Gasteiger partial charge is 0.345 e. The van der Waals surface area contributed by atoms with Gasteiger partial charge in [0.1, 0.15) is 11.3 Å². The van der Waals surface area contributed by atoms with Crippen LogP contribution >= 0.6 is 0 Å². The van der Waals surface area contributed by atoms with Gasteiger partial charge in [-0.15, -0.1) is 0 Å². The van der Waals surface area contributed by atoms with E-state index in [0.717, 1.165) is 18.5 Å². The Hall–Kier alpha value is -2.96. The topological polar surface area (TPSA) is 92.1 Å². The Labute approximate surface area is 131 Å². The van der Waals surface area contributed by atoms with Crippen LogP contribution in [0.5, 0.6) is 0 Å². The standard InChI is InChI=1S/C16H15N5O2/c22-15-7-11(18-14-3-1-2-6-21(14)15)9-17-16(23)13-8-12(19-20-13)10-4-5-10/h1-3,6-8,10H,4-5,9H2,(H,17,23)(H,19,20). The van der Waals surface area contributed by atoms with Crippen molar-refractivity contribution in [2.75, 3.05) is 0 Å². The summed E-state index contributed by atoms with van der Waals surface area (Å²) < 4.78 is 1.46. The number of hydrogen-bond acceptors (Lipinski definition) is 4. The number of aromatic amines is 1.